The molecule has 17 heavy (non-hydrogen) atoms. The number of nitrogens with zero attached hydrogens (tertiary/aromatic N) is 2. The molecule has 1 fully saturated rings. The number of ketones is 1. The molecule has 0 amide bonds. The molecule has 0 spiro atoms. The molecule has 2 unspecified atom stereocenters. The summed E-state index contributed by atoms with van der Waals surface area (Å²) in [5.74, 6) is 0.733. The Morgan fingerprint density at radius 1 is 1.59 bits per heavy atom. The Balaban J connectivity index is 2.07. The highest BCUT2D eigenvalue weighted by atomic mass is 16.1. The van der Waals surface area contributed by atoms with E-state index in [2.05, 4.69) is 12.0 Å². The van der Waals surface area contributed by atoms with Crippen molar-refractivity contribution < 1.29 is 4.79 Å². The van der Waals surface area contributed by atoms with E-state index in [-0.39, 0.29) is 11.7 Å². The fourth-order valence-electron chi connectivity index (χ4n) is 2.72. The van der Waals surface area contributed by atoms with Gasteiger partial charge in [-0.25, -0.2) is 0 Å². The van der Waals surface area contributed by atoms with Crippen molar-refractivity contribution in [2.75, 3.05) is 6.54 Å². The average molecular weight is 235 g/mol. The Labute approximate surface area is 102 Å². The molecule has 0 aromatic carbocycles. The molecule has 1 heterocycles. The Hall–Kier alpha value is -1.16. The van der Waals surface area contributed by atoms with Gasteiger partial charge in [0.2, 0.25) is 0 Å². The van der Waals surface area contributed by atoms with Gasteiger partial charge in [0, 0.05) is 18.7 Å². The molecule has 1 aromatic rings. The van der Waals surface area contributed by atoms with E-state index < -0.39 is 0 Å². The van der Waals surface area contributed by atoms with E-state index in [1.54, 1.807) is 6.20 Å². The molecule has 2 N–H and O–H groups in total. The zero-order valence-corrected chi connectivity index (χ0v) is 10.4. The SMILES string of the molecule is CCCn1cc(C(=O)C2CCCC2CN)cn1. The van der Waals surface area contributed by atoms with Crippen molar-refractivity contribution in [2.24, 2.45) is 17.6 Å². The number of aryl methyl sites for hydroxylation is 1. The van der Waals surface area contributed by atoms with Crippen LogP contribution in [0.25, 0.3) is 0 Å². The number of aromatic nitrogens is 2. The van der Waals surface area contributed by atoms with Gasteiger partial charge in [-0.2, -0.15) is 5.10 Å². The van der Waals surface area contributed by atoms with E-state index in [9.17, 15) is 4.79 Å². The average Bonchev–Trinajstić information content (AvgIpc) is 2.96. The van der Waals surface area contributed by atoms with Crippen LogP contribution in [0.2, 0.25) is 0 Å². The highest BCUT2D eigenvalue weighted by molar-refractivity contribution is 5.97. The second-order valence-corrected chi connectivity index (χ2v) is 4.89. The molecule has 0 bridgehead atoms. The number of hydrogen-bond donors (Lipinski definition) is 1. The van der Waals surface area contributed by atoms with Crippen LogP contribution in [0.1, 0.15) is 43.0 Å². The fraction of sp³-hybridized carbons (Fsp3) is 0.692. The standard InChI is InChI=1S/C13H21N3O/c1-2-6-16-9-11(8-15-16)13(17)12-5-3-4-10(12)7-14/h8-10,12H,2-7,14H2,1H3. The zero-order valence-electron chi connectivity index (χ0n) is 10.4. The molecule has 2 atom stereocenters. The maximum absolute atomic E-state index is 12.3. The van der Waals surface area contributed by atoms with Crippen molar-refractivity contribution in [3.63, 3.8) is 0 Å². The third-order valence-electron chi connectivity index (χ3n) is 3.67. The van der Waals surface area contributed by atoms with E-state index in [1.807, 2.05) is 10.9 Å². The molecule has 0 radical (unpaired) electrons. The van der Waals surface area contributed by atoms with Crippen molar-refractivity contribution >= 4 is 5.78 Å². The molecular weight excluding hydrogens is 214 g/mol. The quantitative estimate of drug-likeness (QED) is 0.792. The molecule has 1 saturated carbocycles. The van der Waals surface area contributed by atoms with Crippen LogP contribution in [-0.4, -0.2) is 22.1 Å². The van der Waals surface area contributed by atoms with E-state index in [0.717, 1.165) is 37.8 Å². The molecule has 1 aromatic heterocycles. The molecule has 1 aliphatic rings. The van der Waals surface area contributed by atoms with Gasteiger partial charge in [0.05, 0.1) is 11.8 Å². The third-order valence-corrected chi connectivity index (χ3v) is 3.67. The summed E-state index contributed by atoms with van der Waals surface area (Å²) in [5.41, 5.74) is 6.47. The minimum Gasteiger partial charge on any atom is -0.330 e. The van der Waals surface area contributed by atoms with Gasteiger partial charge in [-0.1, -0.05) is 13.3 Å². The Bertz CT molecular complexity index is 386. The van der Waals surface area contributed by atoms with Crippen molar-refractivity contribution in [1.82, 2.24) is 9.78 Å². The Morgan fingerprint density at radius 2 is 2.41 bits per heavy atom. The number of nitrogens with two attached hydrogens (primary N) is 1. The van der Waals surface area contributed by atoms with Crippen LogP contribution in [0.3, 0.4) is 0 Å². The largest absolute Gasteiger partial charge is 0.330 e. The molecule has 0 aliphatic heterocycles. The summed E-state index contributed by atoms with van der Waals surface area (Å²) in [6, 6.07) is 0. The van der Waals surface area contributed by atoms with E-state index >= 15 is 0 Å². The number of carbonyl (C=O) groups is 1. The summed E-state index contributed by atoms with van der Waals surface area (Å²) in [6.07, 6.45) is 7.81. The first-order valence-electron chi connectivity index (χ1n) is 6.53. The van der Waals surface area contributed by atoms with E-state index in [1.165, 1.54) is 0 Å². The normalized spacial score (nSPS) is 24.1. The zero-order chi connectivity index (χ0) is 12.3. The lowest BCUT2D eigenvalue weighted by molar-refractivity contribution is 0.0893. The predicted octanol–water partition coefficient (Wildman–Crippen LogP) is 1.85. The number of rotatable bonds is 5. The lowest BCUT2D eigenvalue weighted by atomic mass is 9.89. The first-order chi connectivity index (χ1) is 8.26. The van der Waals surface area contributed by atoms with E-state index in [0.29, 0.717) is 12.5 Å². The summed E-state index contributed by atoms with van der Waals surface area (Å²) in [6.45, 7) is 3.60. The lowest BCUT2D eigenvalue weighted by Crippen LogP contribution is -2.25. The molecule has 0 saturated heterocycles. The third kappa shape index (κ3) is 2.57. The monoisotopic (exact) mass is 235 g/mol. The highest BCUT2D eigenvalue weighted by Crippen LogP contribution is 2.33. The van der Waals surface area contributed by atoms with Gasteiger partial charge in [-0.15, -0.1) is 0 Å². The summed E-state index contributed by atoms with van der Waals surface area (Å²) < 4.78 is 1.85. The van der Waals surface area contributed by atoms with Crippen LogP contribution in [0.5, 0.6) is 0 Å². The predicted molar refractivity (Wildman–Crippen MR) is 66.7 cm³/mol. The van der Waals surface area contributed by atoms with Gasteiger partial charge in [-0.3, -0.25) is 9.48 Å². The second kappa shape index (κ2) is 5.45. The first kappa shape index (κ1) is 12.3. The van der Waals surface area contributed by atoms with Crippen LogP contribution in [0.15, 0.2) is 12.4 Å². The summed E-state index contributed by atoms with van der Waals surface area (Å²) in [7, 11) is 0. The van der Waals surface area contributed by atoms with Crippen LogP contribution < -0.4 is 5.73 Å². The minimum atomic E-state index is 0.124. The lowest BCUT2D eigenvalue weighted by Gasteiger charge is -2.15. The van der Waals surface area contributed by atoms with Crippen LogP contribution in [0.4, 0.5) is 0 Å². The Kier molecular flexibility index (Phi) is 3.94. The van der Waals surface area contributed by atoms with Crippen molar-refractivity contribution in [1.29, 1.82) is 0 Å². The maximum atomic E-state index is 12.3. The van der Waals surface area contributed by atoms with Gasteiger partial charge in [0.25, 0.3) is 0 Å². The number of hydrogen-bond acceptors (Lipinski definition) is 3. The Morgan fingerprint density at radius 3 is 3.12 bits per heavy atom. The van der Waals surface area contributed by atoms with Gasteiger partial charge in [0.15, 0.2) is 5.78 Å². The highest BCUT2D eigenvalue weighted by Gasteiger charge is 2.32. The summed E-state index contributed by atoms with van der Waals surface area (Å²) >= 11 is 0. The first-order valence-corrected chi connectivity index (χ1v) is 6.53. The number of carbonyl (C=O) groups excluding carboxylic acids is 1. The van der Waals surface area contributed by atoms with Crippen LogP contribution in [0, 0.1) is 11.8 Å². The molecule has 4 nitrogen and oxygen atoms in total. The smallest absolute Gasteiger partial charge is 0.169 e. The summed E-state index contributed by atoms with van der Waals surface area (Å²) in [4.78, 5) is 12.3. The maximum Gasteiger partial charge on any atom is 0.169 e. The van der Waals surface area contributed by atoms with Gasteiger partial charge >= 0.3 is 0 Å². The molecule has 94 valence electrons. The van der Waals surface area contributed by atoms with Gasteiger partial charge in [-0.05, 0) is 31.7 Å². The summed E-state index contributed by atoms with van der Waals surface area (Å²) in [5, 5.41) is 4.21. The molecule has 4 heteroatoms. The van der Waals surface area contributed by atoms with Crippen LogP contribution in [-0.2, 0) is 6.54 Å². The van der Waals surface area contributed by atoms with Crippen molar-refractivity contribution in [3.05, 3.63) is 18.0 Å². The molecule has 2 rings (SSSR count). The minimum absolute atomic E-state index is 0.124. The van der Waals surface area contributed by atoms with Crippen LogP contribution >= 0.6 is 0 Å². The number of Topliss-reactive ketones (excluding diaryl/α,β-unsaturated/α-hetero) is 1. The van der Waals surface area contributed by atoms with Gasteiger partial charge < -0.3 is 5.73 Å². The van der Waals surface area contributed by atoms with Crippen molar-refractivity contribution in [2.45, 2.75) is 39.2 Å². The van der Waals surface area contributed by atoms with Crippen molar-refractivity contribution in [3.8, 4) is 0 Å². The molecular formula is C13H21N3O. The second-order valence-electron chi connectivity index (χ2n) is 4.89. The van der Waals surface area contributed by atoms with E-state index in [4.69, 9.17) is 5.73 Å². The fourth-order valence-corrected chi connectivity index (χ4v) is 2.72. The molecule has 1 aliphatic carbocycles. The topological polar surface area (TPSA) is 60.9 Å². The van der Waals surface area contributed by atoms with Gasteiger partial charge in [0.1, 0.15) is 0 Å².